The minimum absolute atomic E-state index is 0.332. The molecule has 0 spiro atoms. The molecule has 0 radical (unpaired) electrons. The second-order valence-corrected chi connectivity index (χ2v) is 6.76. The molecule has 2 fully saturated rings. The lowest BCUT2D eigenvalue weighted by molar-refractivity contribution is 0.0944. The van der Waals surface area contributed by atoms with E-state index in [4.69, 9.17) is 9.47 Å². The molecule has 0 amide bonds. The first kappa shape index (κ1) is 16.3. The van der Waals surface area contributed by atoms with Gasteiger partial charge in [0.1, 0.15) is 5.82 Å². The second-order valence-electron chi connectivity index (χ2n) is 6.76. The van der Waals surface area contributed by atoms with Crippen LogP contribution in [0.1, 0.15) is 5.56 Å². The van der Waals surface area contributed by atoms with Gasteiger partial charge < -0.3 is 14.8 Å². The Labute approximate surface area is 148 Å². The number of ether oxygens (including phenoxy) is 2. The molecule has 0 aromatic carbocycles. The van der Waals surface area contributed by atoms with Gasteiger partial charge >= 0.3 is 0 Å². The highest BCUT2D eigenvalue weighted by atomic mass is 16.5. The molecule has 2 saturated heterocycles. The fourth-order valence-electron chi connectivity index (χ4n) is 3.89. The number of likely N-dealkylation sites (tertiary alicyclic amines) is 1. The van der Waals surface area contributed by atoms with Crippen molar-refractivity contribution in [2.45, 2.75) is 12.6 Å². The number of nitrogens with zero attached hydrogens (tertiary/aromatic N) is 3. The molecule has 2 aliphatic rings. The summed E-state index contributed by atoms with van der Waals surface area (Å²) in [6.07, 6.45) is 3.91. The van der Waals surface area contributed by atoms with Crippen LogP contribution < -0.4 is 10.1 Å². The predicted molar refractivity (Wildman–Crippen MR) is 95.5 cm³/mol. The van der Waals surface area contributed by atoms with Gasteiger partial charge in [0.2, 0.25) is 5.88 Å². The summed E-state index contributed by atoms with van der Waals surface area (Å²) in [5, 5.41) is 3.44. The van der Waals surface area contributed by atoms with Gasteiger partial charge in [-0.3, -0.25) is 4.90 Å². The van der Waals surface area contributed by atoms with Crippen molar-refractivity contribution in [1.82, 2.24) is 14.9 Å². The van der Waals surface area contributed by atoms with E-state index in [2.05, 4.69) is 26.3 Å². The van der Waals surface area contributed by atoms with E-state index in [0.717, 1.165) is 44.2 Å². The zero-order chi connectivity index (χ0) is 17.1. The van der Waals surface area contributed by atoms with E-state index in [9.17, 15) is 0 Å². The summed E-state index contributed by atoms with van der Waals surface area (Å²) in [4.78, 5) is 11.1. The van der Waals surface area contributed by atoms with E-state index >= 15 is 0 Å². The molecular weight excluding hydrogens is 316 g/mol. The molecular formula is C19H24N4O2. The van der Waals surface area contributed by atoms with Crippen molar-refractivity contribution >= 4 is 5.82 Å². The minimum Gasteiger partial charge on any atom is -0.481 e. The van der Waals surface area contributed by atoms with Crippen molar-refractivity contribution in [1.29, 1.82) is 0 Å². The number of anilines is 1. The lowest BCUT2D eigenvalue weighted by Gasteiger charge is -2.20. The molecule has 2 aromatic rings. The van der Waals surface area contributed by atoms with Gasteiger partial charge in [-0.15, -0.1) is 0 Å². The number of nitrogens with one attached hydrogen (secondary N) is 1. The summed E-state index contributed by atoms with van der Waals surface area (Å²) in [5.41, 5.74) is 1.13. The van der Waals surface area contributed by atoms with Crippen molar-refractivity contribution in [3.05, 3.63) is 48.3 Å². The van der Waals surface area contributed by atoms with Crippen LogP contribution in [-0.4, -0.2) is 54.3 Å². The maximum atomic E-state index is 6.05. The Morgan fingerprint density at radius 3 is 2.96 bits per heavy atom. The molecule has 2 aromatic heterocycles. The smallest absolute Gasteiger partial charge is 0.217 e. The van der Waals surface area contributed by atoms with Gasteiger partial charge in [0.05, 0.1) is 19.8 Å². The van der Waals surface area contributed by atoms with Crippen LogP contribution in [0, 0.1) is 11.8 Å². The molecule has 132 valence electrons. The molecule has 2 aliphatic heterocycles. The van der Waals surface area contributed by atoms with Gasteiger partial charge in [-0.05, 0) is 18.2 Å². The second kappa shape index (κ2) is 7.37. The molecule has 4 rings (SSSR count). The number of pyridine rings is 2. The number of rotatable bonds is 6. The summed E-state index contributed by atoms with van der Waals surface area (Å²) < 4.78 is 11.4. The van der Waals surface area contributed by atoms with E-state index < -0.39 is 0 Å². The van der Waals surface area contributed by atoms with Crippen LogP contribution >= 0.6 is 0 Å². The zero-order valence-electron chi connectivity index (χ0n) is 14.5. The van der Waals surface area contributed by atoms with Crippen molar-refractivity contribution in [2.75, 3.05) is 38.7 Å². The average molecular weight is 340 g/mol. The third-order valence-corrected chi connectivity index (χ3v) is 5.16. The highest BCUT2D eigenvalue weighted by molar-refractivity contribution is 5.33. The third-order valence-electron chi connectivity index (χ3n) is 5.16. The van der Waals surface area contributed by atoms with Gasteiger partial charge in [0.15, 0.2) is 0 Å². The lowest BCUT2D eigenvalue weighted by atomic mass is 9.93. The predicted octanol–water partition coefficient (Wildman–Crippen LogP) is 2.04. The summed E-state index contributed by atoms with van der Waals surface area (Å²) in [6, 6.07) is 9.98. The van der Waals surface area contributed by atoms with Crippen LogP contribution in [0.2, 0.25) is 0 Å². The highest BCUT2D eigenvalue weighted by Crippen LogP contribution is 2.34. The molecule has 6 heteroatoms. The van der Waals surface area contributed by atoms with Crippen LogP contribution in [0.3, 0.4) is 0 Å². The van der Waals surface area contributed by atoms with Gasteiger partial charge in [0, 0.05) is 56.0 Å². The van der Waals surface area contributed by atoms with Crippen molar-refractivity contribution in [3.63, 3.8) is 0 Å². The highest BCUT2D eigenvalue weighted by Gasteiger charge is 2.43. The molecule has 6 nitrogen and oxygen atoms in total. The molecule has 3 atom stereocenters. The van der Waals surface area contributed by atoms with Crippen LogP contribution in [0.4, 0.5) is 5.82 Å². The number of hydrogen-bond acceptors (Lipinski definition) is 6. The van der Waals surface area contributed by atoms with Crippen molar-refractivity contribution in [3.8, 4) is 5.88 Å². The van der Waals surface area contributed by atoms with Gasteiger partial charge in [-0.25, -0.2) is 9.97 Å². The molecule has 4 heterocycles. The molecule has 25 heavy (non-hydrogen) atoms. The summed E-state index contributed by atoms with van der Waals surface area (Å²) in [6.45, 7) is 4.62. The molecule has 0 bridgehead atoms. The maximum absolute atomic E-state index is 6.05. The molecule has 0 aliphatic carbocycles. The number of fused-ring (bicyclic) bond motifs is 1. The van der Waals surface area contributed by atoms with Gasteiger partial charge in [-0.2, -0.15) is 0 Å². The number of methoxy groups -OCH3 is 1. The number of aromatic nitrogens is 2. The van der Waals surface area contributed by atoms with Crippen LogP contribution in [0.5, 0.6) is 5.88 Å². The lowest BCUT2D eigenvalue weighted by Crippen LogP contribution is -2.27. The number of hydrogen-bond donors (Lipinski definition) is 1. The van der Waals surface area contributed by atoms with Crippen LogP contribution in [-0.2, 0) is 11.3 Å². The van der Waals surface area contributed by atoms with Gasteiger partial charge in [-0.1, -0.05) is 12.1 Å². The normalized spacial score (nSPS) is 25.7. The maximum Gasteiger partial charge on any atom is 0.217 e. The standard InChI is InChI=1S/C19H24N4O2/c1-24-19-14(5-4-8-21-19)10-23-11-16-15(13-25-17(16)12-23)9-22-18-6-2-3-7-20-18/h2-8,15-17H,9-13H2,1H3,(H,20,22)/t15-,16+,17+/m1/s1. The Hall–Kier alpha value is -2.18. The Balaban J connectivity index is 1.35. The van der Waals surface area contributed by atoms with E-state index in [1.807, 2.05) is 30.5 Å². The van der Waals surface area contributed by atoms with E-state index in [0.29, 0.717) is 23.8 Å². The Morgan fingerprint density at radius 2 is 2.12 bits per heavy atom. The van der Waals surface area contributed by atoms with Crippen molar-refractivity contribution < 1.29 is 9.47 Å². The monoisotopic (exact) mass is 340 g/mol. The minimum atomic E-state index is 0.332. The molecule has 0 saturated carbocycles. The van der Waals surface area contributed by atoms with E-state index in [1.54, 1.807) is 13.3 Å². The topological polar surface area (TPSA) is 59.5 Å². The van der Waals surface area contributed by atoms with Gasteiger partial charge in [0.25, 0.3) is 0 Å². The van der Waals surface area contributed by atoms with Crippen LogP contribution in [0.25, 0.3) is 0 Å². The summed E-state index contributed by atoms with van der Waals surface area (Å²) in [7, 11) is 1.67. The molecule has 0 unspecified atom stereocenters. The van der Waals surface area contributed by atoms with E-state index in [1.165, 1.54) is 0 Å². The Kier molecular flexibility index (Phi) is 4.81. The van der Waals surface area contributed by atoms with E-state index in [-0.39, 0.29) is 0 Å². The molecule has 1 N–H and O–H groups in total. The Morgan fingerprint density at radius 1 is 1.20 bits per heavy atom. The quantitative estimate of drug-likeness (QED) is 0.868. The first-order valence-electron chi connectivity index (χ1n) is 8.80. The fourth-order valence-corrected chi connectivity index (χ4v) is 3.89. The summed E-state index contributed by atoms with van der Waals surface area (Å²) >= 11 is 0. The largest absolute Gasteiger partial charge is 0.481 e. The third kappa shape index (κ3) is 3.60. The first-order valence-corrected chi connectivity index (χ1v) is 8.80. The first-order chi connectivity index (χ1) is 12.3. The zero-order valence-corrected chi connectivity index (χ0v) is 14.5. The summed E-state index contributed by atoms with van der Waals surface area (Å²) in [5.74, 6) is 2.74. The SMILES string of the molecule is COc1ncccc1CN1C[C@H]2[C@H](CNc3ccccn3)CO[C@H]2C1. The average Bonchev–Trinajstić information content (AvgIpc) is 3.22. The van der Waals surface area contributed by atoms with Crippen molar-refractivity contribution in [2.24, 2.45) is 11.8 Å². The Bertz CT molecular complexity index is 697. The fraction of sp³-hybridized carbons (Fsp3) is 0.474. The van der Waals surface area contributed by atoms with Crippen LogP contribution in [0.15, 0.2) is 42.7 Å².